The fraction of sp³-hybridized carbons (Fsp3) is 0.459. The number of cyclic esters (lactones) is 1. The minimum Gasteiger partial charge on any atom is -0.459 e. The van der Waals surface area contributed by atoms with E-state index in [4.69, 9.17) is 23.9 Å². The average Bonchev–Trinajstić information content (AvgIpc) is 1.46. The van der Waals surface area contributed by atoms with Gasteiger partial charge in [0.1, 0.15) is 49.0 Å². The standard InChI is InChI=1S/C61H68F4N10O17/c1-9-60(88)35-20-40-50-33(25-74(40)55(85)34(35)28-89-56(60)86)49-37(16-15-32-30(2)36(62)21-38(71-50)48(32)49)72-54(84)51(61(63,64)65)90-29-69-43(77)23-67-52(82)39(19-31-13-11-10-12-14-31)70-44(78)24-66-42(76)22-68-53(83)41(75-45(79)17-18-46(75)80)26-73(57(87)92-59(6,7)8)27-47(81)91-58(3,4)5/h10-14,17-18,20-21,37,39,41,51,88H,9,15-16,19,22-29H2,1-8H3,(H,66,76)(H,67,82)(H,68,83)(H,69,77)(H,70,78)(H,72,84)/t37-,39-,41-,51+,60-/m0/s1. The first-order valence-corrected chi connectivity index (χ1v) is 29.1. The van der Waals surface area contributed by atoms with E-state index in [-0.39, 0.29) is 71.4 Å². The number of hydrogen-bond donors (Lipinski definition) is 7. The number of nitrogens with one attached hydrogen (secondary N) is 6. The smallest absolute Gasteiger partial charge is 0.423 e. The molecule has 4 aliphatic rings. The molecule has 0 radical (unpaired) electrons. The zero-order chi connectivity index (χ0) is 67.5. The van der Waals surface area contributed by atoms with Crippen LogP contribution in [0.2, 0.25) is 0 Å². The molecule has 4 aromatic rings. The molecule has 0 unspecified atom stereocenters. The van der Waals surface area contributed by atoms with Crippen LogP contribution in [0.5, 0.6) is 0 Å². The predicted molar refractivity (Wildman–Crippen MR) is 312 cm³/mol. The second-order valence-corrected chi connectivity index (χ2v) is 24.1. The molecule has 7 N–H and O–H groups in total. The normalized spacial score (nSPS) is 17.5. The number of fused-ring (bicyclic) bond motifs is 5. The molecule has 8 rings (SSSR count). The molecule has 31 heteroatoms. The lowest BCUT2D eigenvalue weighted by Gasteiger charge is -2.32. The van der Waals surface area contributed by atoms with Gasteiger partial charge in [-0.15, -0.1) is 0 Å². The van der Waals surface area contributed by atoms with Crippen LogP contribution in [0.1, 0.15) is 106 Å². The first-order chi connectivity index (χ1) is 43.1. The average molecular weight is 1290 g/mol. The number of nitrogens with zero attached hydrogens (tertiary/aromatic N) is 4. The van der Waals surface area contributed by atoms with Crippen molar-refractivity contribution >= 4 is 76.2 Å². The summed E-state index contributed by atoms with van der Waals surface area (Å²) in [6.45, 7) is 6.25. The van der Waals surface area contributed by atoms with Crippen LogP contribution in [0.3, 0.4) is 0 Å². The summed E-state index contributed by atoms with van der Waals surface area (Å²) in [5, 5.41) is 25.3. The Bertz CT molecular complexity index is 3770. The summed E-state index contributed by atoms with van der Waals surface area (Å²) in [6, 6.07) is 6.16. The summed E-state index contributed by atoms with van der Waals surface area (Å²) in [6.07, 6.45) is -8.30. The van der Waals surface area contributed by atoms with Gasteiger partial charge in [0.05, 0.1) is 61.2 Å². The number of benzene rings is 2. The maximum absolute atomic E-state index is 15.5. The van der Waals surface area contributed by atoms with E-state index in [1.54, 1.807) is 51.1 Å². The van der Waals surface area contributed by atoms with Crippen molar-refractivity contribution in [3.63, 3.8) is 0 Å². The molecule has 9 amide bonds. The van der Waals surface area contributed by atoms with Crippen LogP contribution in [-0.4, -0.2) is 165 Å². The van der Waals surface area contributed by atoms with E-state index in [1.165, 1.54) is 45.3 Å². The number of aromatic nitrogens is 2. The van der Waals surface area contributed by atoms with E-state index in [9.17, 15) is 75.8 Å². The van der Waals surface area contributed by atoms with E-state index >= 15 is 4.39 Å². The maximum Gasteiger partial charge on any atom is 0.423 e. The lowest BCUT2D eigenvalue weighted by molar-refractivity contribution is -0.220. The van der Waals surface area contributed by atoms with Crippen molar-refractivity contribution < 1.29 is 94.4 Å². The molecule has 5 heterocycles. The number of halogens is 4. The van der Waals surface area contributed by atoms with E-state index < -0.39 is 170 Å². The highest BCUT2D eigenvalue weighted by molar-refractivity contribution is 6.15. The summed E-state index contributed by atoms with van der Waals surface area (Å²) in [5.74, 6) is -11.4. The van der Waals surface area contributed by atoms with Gasteiger partial charge in [-0.05, 0) is 96.0 Å². The van der Waals surface area contributed by atoms with E-state index in [0.29, 0.717) is 27.0 Å². The van der Waals surface area contributed by atoms with Crippen LogP contribution in [0.25, 0.3) is 22.3 Å². The predicted octanol–water partition coefficient (Wildman–Crippen LogP) is 1.60. The third-order valence-corrected chi connectivity index (χ3v) is 15.2. The third-order valence-electron chi connectivity index (χ3n) is 15.2. The molecule has 3 aliphatic heterocycles. The summed E-state index contributed by atoms with van der Waals surface area (Å²) >= 11 is 0. The van der Waals surface area contributed by atoms with Crippen molar-refractivity contribution in [2.75, 3.05) is 39.5 Å². The Labute approximate surface area is 522 Å². The molecule has 0 saturated carbocycles. The van der Waals surface area contributed by atoms with Crippen molar-refractivity contribution in [1.29, 1.82) is 0 Å². The molecule has 0 bridgehead atoms. The van der Waals surface area contributed by atoms with Crippen LogP contribution in [-0.2, 0) is 98.5 Å². The van der Waals surface area contributed by atoms with Crippen molar-refractivity contribution in [2.24, 2.45) is 0 Å². The molecule has 27 nitrogen and oxygen atoms in total. The highest BCUT2D eigenvalue weighted by Gasteiger charge is 2.49. The molecule has 0 spiro atoms. The SMILES string of the molecule is CC[C@@]1(O)C(=O)OCc2c1cc1n(c2=O)Cc2c-1nc1cc(F)c(C)c3c1c2[C@@H](NC(=O)[C@@H](OCNC(=O)CNC(=O)[C@H](Cc1ccccc1)NC(=O)CNC(=O)CNC(=O)[C@H](CN(CC(=O)OC(C)(C)C)C(=O)OC(C)(C)C)N1C(=O)C=CC1=O)C(F)(F)F)CC3. The zero-order valence-electron chi connectivity index (χ0n) is 51.3. The van der Waals surface area contributed by atoms with E-state index in [2.05, 4.69) is 26.6 Å². The van der Waals surface area contributed by atoms with Crippen molar-refractivity contribution in [3.05, 3.63) is 110 Å². The minimum atomic E-state index is -5.38. The number of aryl methyl sites for hydroxylation is 1. The summed E-state index contributed by atoms with van der Waals surface area (Å²) in [5.41, 5.74) is -2.93. The number of aliphatic hydroxyl groups is 1. The van der Waals surface area contributed by atoms with Gasteiger partial charge >= 0.3 is 24.2 Å². The van der Waals surface area contributed by atoms with Crippen LogP contribution in [0, 0.1) is 12.7 Å². The molecular weight excluding hydrogens is 1220 g/mol. The van der Waals surface area contributed by atoms with Crippen LogP contribution in [0.15, 0.2) is 59.4 Å². The topological polar surface area (TPSA) is 358 Å². The number of carbonyl (C=O) groups excluding carboxylic acids is 11. The van der Waals surface area contributed by atoms with Crippen molar-refractivity contribution in [3.8, 4) is 11.4 Å². The number of esters is 2. The zero-order valence-corrected chi connectivity index (χ0v) is 51.3. The summed E-state index contributed by atoms with van der Waals surface area (Å²) in [7, 11) is 0. The van der Waals surface area contributed by atoms with Crippen LogP contribution >= 0.6 is 0 Å². The van der Waals surface area contributed by atoms with Crippen LogP contribution < -0.4 is 37.5 Å². The summed E-state index contributed by atoms with van der Waals surface area (Å²) in [4.78, 5) is 165. The maximum atomic E-state index is 15.5. The number of ether oxygens (including phenoxy) is 4. The monoisotopic (exact) mass is 1290 g/mol. The van der Waals surface area contributed by atoms with Gasteiger partial charge in [0.2, 0.25) is 35.6 Å². The lowest BCUT2D eigenvalue weighted by Crippen LogP contribution is -2.57. The molecular formula is C61H68F4N10O17. The molecule has 2 aromatic carbocycles. The number of alkyl halides is 3. The number of imide groups is 1. The quantitative estimate of drug-likeness (QED) is 0.0170. The largest absolute Gasteiger partial charge is 0.459 e. The van der Waals surface area contributed by atoms with Gasteiger partial charge in [-0.1, -0.05) is 37.3 Å². The number of hydrogen-bond acceptors (Lipinski definition) is 18. The van der Waals surface area contributed by atoms with Gasteiger partial charge in [0.25, 0.3) is 23.3 Å². The van der Waals surface area contributed by atoms with Crippen molar-refractivity contribution in [1.82, 2.24) is 51.3 Å². The molecule has 0 fully saturated rings. The van der Waals surface area contributed by atoms with Gasteiger partial charge in [-0.3, -0.25) is 57.7 Å². The van der Waals surface area contributed by atoms with Gasteiger partial charge < -0.3 is 60.5 Å². The highest BCUT2D eigenvalue weighted by atomic mass is 19.4. The number of amides is 9. The summed E-state index contributed by atoms with van der Waals surface area (Å²) < 4.78 is 81.9. The van der Waals surface area contributed by atoms with Gasteiger partial charge in [-0.2, -0.15) is 13.2 Å². The Balaban J connectivity index is 0.881. The number of pyridine rings is 2. The minimum absolute atomic E-state index is 0.00638. The number of carbonyl (C=O) groups is 11. The molecule has 492 valence electrons. The second kappa shape index (κ2) is 27.0. The third kappa shape index (κ3) is 15.4. The molecule has 5 atom stereocenters. The number of rotatable bonds is 22. The molecule has 2 aromatic heterocycles. The second-order valence-electron chi connectivity index (χ2n) is 24.1. The van der Waals surface area contributed by atoms with Gasteiger partial charge in [0.15, 0.2) is 5.60 Å². The van der Waals surface area contributed by atoms with E-state index in [1.807, 2.05) is 5.32 Å². The Morgan fingerprint density at radius 2 is 1.45 bits per heavy atom. The fourth-order valence-electron chi connectivity index (χ4n) is 10.9. The van der Waals surface area contributed by atoms with E-state index in [0.717, 1.165) is 23.1 Å². The highest BCUT2D eigenvalue weighted by Crippen LogP contribution is 2.46. The molecule has 1 aliphatic carbocycles. The Kier molecular flexibility index (Phi) is 20.1. The molecule has 0 saturated heterocycles. The fourth-order valence-corrected chi connectivity index (χ4v) is 10.9. The Morgan fingerprint density at radius 3 is 2.08 bits per heavy atom. The van der Waals surface area contributed by atoms with Gasteiger partial charge in [-0.25, -0.2) is 19.0 Å². The van der Waals surface area contributed by atoms with Crippen LogP contribution in [0.4, 0.5) is 22.4 Å². The van der Waals surface area contributed by atoms with Gasteiger partial charge in [0, 0.05) is 41.2 Å². The lowest BCUT2D eigenvalue weighted by atomic mass is 9.81. The Morgan fingerprint density at radius 1 is 0.815 bits per heavy atom. The first kappa shape index (κ1) is 68.3. The molecule has 92 heavy (non-hydrogen) atoms. The van der Waals surface area contributed by atoms with Crippen molar-refractivity contribution in [2.45, 2.75) is 141 Å². The Hall–Kier alpha value is -9.65. The first-order valence-electron chi connectivity index (χ1n) is 29.1.